The van der Waals surface area contributed by atoms with E-state index in [0.717, 1.165) is 38.8 Å². The normalized spacial score (nSPS) is 18.9. The number of aliphatic hydroxyl groups is 1. The molecule has 0 bridgehead atoms. The molecule has 1 unspecified atom stereocenters. The van der Waals surface area contributed by atoms with Crippen LogP contribution in [0.3, 0.4) is 0 Å². The van der Waals surface area contributed by atoms with Crippen LogP contribution in [-0.4, -0.2) is 52.9 Å². The van der Waals surface area contributed by atoms with E-state index in [1.54, 1.807) is 7.11 Å². The summed E-state index contributed by atoms with van der Waals surface area (Å²) >= 11 is 0. The average molecular weight is 281 g/mol. The highest BCUT2D eigenvalue weighted by Gasteiger charge is 2.25. The van der Waals surface area contributed by atoms with E-state index in [2.05, 4.69) is 27.2 Å². The highest BCUT2D eigenvalue weighted by Crippen LogP contribution is 2.23. The lowest BCUT2D eigenvalue weighted by Gasteiger charge is -2.34. The molecule has 1 fully saturated rings. The van der Waals surface area contributed by atoms with Crippen molar-refractivity contribution in [3.05, 3.63) is 0 Å². The van der Waals surface area contributed by atoms with Crippen LogP contribution < -0.4 is 15.0 Å². The maximum absolute atomic E-state index is 9.50. The highest BCUT2D eigenvalue weighted by atomic mass is 16.5. The summed E-state index contributed by atoms with van der Waals surface area (Å²) in [4.78, 5) is 15.0. The topological polar surface area (TPSA) is 83.4 Å². The van der Waals surface area contributed by atoms with Gasteiger partial charge < -0.3 is 20.1 Å². The summed E-state index contributed by atoms with van der Waals surface area (Å²) in [6, 6.07) is 0.380. The Kier molecular flexibility index (Phi) is 5.34. The van der Waals surface area contributed by atoms with Crippen molar-refractivity contribution in [2.45, 2.75) is 38.6 Å². The third kappa shape index (κ3) is 3.47. The summed E-state index contributed by atoms with van der Waals surface area (Å²) in [6.45, 7) is 3.85. The number of rotatable bonds is 6. The van der Waals surface area contributed by atoms with E-state index in [1.807, 2.05) is 4.90 Å². The Balaban J connectivity index is 2.24. The maximum atomic E-state index is 9.50. The van der Waals surface area contributed by atoms with Crippen LogP contribution in [0.2, 0.25) is 0 Å². The van der Waals surface area contributed by atoms with Gasteiger partial charge in [0.25, 0.3) is 0 Å². The number of hydrogen-bond acceptors (Lipinski definition) is 7. The summed E-state index contributed by atoms with van der Waals surface area (Å²) in [5.74, 6) is 1.10. The Morgan fingerprint density at radius 1 is 1.35 bits per heavy atom. The van der Waals surface area contributed by atoms with Gasteiger partial charge in [-0.15, -0.1) is 0 Å². The Hall–Kier alpha value is -1.63. The highest BCUT2D eigenvalue weighted by molar-refractivity contribution is 5.40. The first-order chi connectivity index (χ1) is 9.78. The van der Waals surface area contributed by atoms with Crippen LogP contribution in [0.15, 0.2) is 0 Å². The second-order valence-electron chi connectivity index (χ2n) is 4.90. The van der Waals surface area contributed by atoms with Crippen molar-refractivity contribution in [2.24, 2.45) is 0 Å². The van der Waals surface area contributed by atoms with Crippen LogP contribution in [0.25, 0.3) is 0 Å². The monoisotopic (exact) mass is 281 g/mol. The first-order valence-electron chi connectivity index (χ1n) is 7.20. The molecule has 1 aliphatic rings. The maximum Gasteiger partial charge on any atom is 0.322 e. The first-order valence-corrected chi connectivity index (χ1v) is 7.20. The van der Waals surface area contributed by atoms with Gasteiger partial charge in [0, 0.05) is 13.1 Å². The van der Waals surface area contributed by atoms with Crippen molar-refractivity contribution >= 4 is 11.9 Å². The molecule has 1 saturated heterocycles. The van der Waals surface area contributed by atoms with Gasteiger partial charge in [-0.3, -0.25) is 0 Å². The lowest BCUT2D eigenvalue weighted by molar-refractivity contribution is 0.238. The molecule has 2 rings (SSSR count). The van der Waals surface area contributed by atoms with E-state index in [9.17, 15) is 5.11 Å². The molecule has 1 aromatic rings. The number of piperidine rings is 1. The minimum absolute atomic E-state index is 0.0786. The van der Waals surface area contributed by atoms with Gasteiger partial charge in [0.15, 0.2) is 0 Å². The summed E-state index contributed by atoms with van der Waals surface area (Å²) in [5, 5.41) is 12.7. The summed E-state index contributed by atoms with van der Waals surface area (Å²) in [6.07, 6.45) is 4.17. The summed E-state index contributed by atoms with van der Waals surface area (Å²) in [5.41, 5.74) is 0. The Bertz CT molecular complexity index is 429. The van der Waals surface area contributed by atoms with E-state index in [-0.39, 0.29) is 12.6 Å². The minimum atomic E-state index is 0.0786. The molecule has 112 valence electrons. The van der Waals surface area contributed by atoms with E-state index < -0.39 is 0 Å². The summed E-state index contributed by atoms with van der Waals surface area (Å²) < 4.78 is 5.14. The quantitative estimate of drug-likeness (QED) is 0.806. The fraction of sp³-hybridized carbons (Fsp3) is 0.769. The van der Waals surface area contributed by atoms with Gasteiger partial charge in [-0.2, -0.15) is 15.0 Å². The predicted octanol–water partition coefficient (Wildman–Crippen LogP) is 1.05. The number of hydrogen-bond donors (Lipinski definition) is 2. The molecular weight excluding hydrogens is 258 g/mol. The predicted molar refractivity (Wildman–Crippen MR) is 77.2 cm³/mol. The molecule has 1 atom stereocenters. The fourth-order valence-electron chi connectivity index (χ4n) is 2.34. The zero-order valence-electron chi connectivity index (χ0n) is 12.2. The third-order valence-corrected chi connectivity index (χ3v) is 3.41. The van der Waals surface area contributed by atoms with E-state index in [4.69, 9.17) is 4.74 Å². The number of anilines is 2. The minimum Gasteiger partial charge on any atom is -0.467 e. The van der Waals surface area contributed by atoms with Gasteiger partial charge in [0.05, 0.1) is 19.8 Å². The molecule has 1 aromatic heterocycles. The molecular formula is C13H23N5O2. The van der Waals surface area contributed by atoms with Gasteiger partial charge in [0.1, 0.15) is 0 Å². The molecule has 7 nitrogen and oxygen atoms in total. The molecule has 20 heavy (non-hydrogen) atoms. The van der Waals surface area contributed by atoms with Crippen LogP contribution >= 0.6 is 0 Å². The third-order valence-electron chi connectivity index (χ3n) is 3.41. The van der Waals surface area contributed by atoms with Crippen molar-refractivity contribution < 1.29 is 9.84 Å². The number of aliphatic hydroxyl groups excluding tert-OH is 1. The van der Waals surface area contributed by atoms with Crippen LogP contribution in [0, 0.1) is 0 Å². The smallest absolute Gasteiger partial charge is 0.322 e. The molecule has 0 aromatic carbocycles. The van der Waals surface area contributed by atoms with Crippen molar-refractivity contribution in [2.75, 3.05) is 37.0 Å². The van der Waals surface area contributed by atoms with Gasteiger partial charge in [-0.1, -0.05) is 6.92 Å². The number of methoxy groups -OCH3 is 1. The summed E-state index contributed by atoms with van der Waals surface area (Å²) in [7, 11) is 1.54. The second-order valence-corrected chi connectivity index (χ2v) is 4.90. The van der Waals surface area contributed by atoms with Crippen molar-refractivity contribution in [1.82, 2.24) is 15.0 Å². The Morgan fingerprint density at radius 2 is 2.20 bits per heavy atom. The molecule has 0 amide bonds. The molecule has 2 N–H and O–H groups in total. The van der Waals surface area contributed by atoms with Crippen LogP contribution in [0.1, 0.15) is 32.6 Å². The van der Waals surface area contributed by atoms with Gasteiger partial charge in [0.2, 0.25) is 11.9 Å². The molecule has 0 saturated carbocycles. The lowest BCUT2D eigenvalue weighted by atomic mass is 10.0. The van der Waals surface area contributed by atoms with Crippen LogP contribution in [-0.2, 0) is 0 Å². The largest absolute Gasteiger partial charge is 0.467 e. The Morgan fingerprint density at radius 3 is 2.90 bits per heavy atom. The zero-order valence-corrected chi connectivity index (χ0v) is 12.2. The van der Waals surface area contributed by atoms with Crippen LogP contribution in [0.4, 0.5) is 11.9 Å². The molecule has 7 heteroatoms. The van der Waals surface area contributed by atoms with Crippen molar-refractivity contribution in [3.8, 4) is 6.01 Å². The SMILES string of the molecule is CCCNc1nc(OC)nc(N2CCCCC2CO)n1. The van der Waals surface area contributed by atoms with E-state index >= 15 is 0 Å². The molecule has 0 spiro atoms. The van der Waals surface area contributed by atoms with Crippen molar-refractivity contribution in [1.29, 1.82) is 0 Å². The van der Waals surface area contributed by atoms with Gasteiger partial charge in [-0.05, 0) is 25.7 Å². The molecule has 2 heterocycles. The van der Waals surface area contributed by atoms with Gasteiger partial charge >= 0.3 is 6.01 Å². The number of nitrogens with zero attached hydrogens (tertiary/aromatic N) is 4. The Labute approximate surface area is 119 Å². The number of aromatic nitrogens is 3. The van der Waals surface area contributed by atoms with Crippen LogP contribution in [0.5, 0.6) is 6.01 Å². The van der Waals surface area contributed by atoms with Crippen molar-refractivity contribution in [3.63, 3.8) is 0 Å². The second kappa shape index (κ2) is 7.23. The first kappa shape index (κ1) is 14.8. The molecule has 0 radical (unpaired) electrons. The standard InChI is InChI=1S/C13H23N5O2/c1-3-7-14-11-15-12(17-13(16-11)20-2)18-8-5-4-6-10(18)9-19/h10,19H,3-9H2,1-2H3,(H,14,15,16,17). The van der Waals surface area contributed by atoms with E-state index in [1.165, 1.54) is 0 Å². The number of nitrogens with one attached hydrogen (secondary N) is 1. The van der Waals surface area contributed by atoms with Gasteiger partial charge in [-0.25, -0.2) is 0 Å². The fourth-order valence-corrected chi connectivity index (χ4v) is 2.34. The average Bonchev–Trinajstić information content (AvgIpc) is 2.52. The molecule has 0 aliphatic carbocycles. The molecule has 1 aliphatic heterocycles. The zero-order chi connectivity index (χ0) is 14.4. The lowest BCUT2D eigenvalue weighted by Crippen LogP contribution is -2.43. The number of ether oxygens (including phenoxy) is 1. The van der Waals surface area contributed by atoms with E-state index in [0.29, 0.717) is 17.9 Å².